The number of ether oxygens (including phenoxy) is 1. The first-order valence-electron chi connectivity index (χ1n) is 6.48. The molecule has 0 radical (unpaired) electrons. The maximum absolute atomic E-state index is 12.0. The number of halogens is 1. The average molecular weight is 292 g/mol. The highest BCUT2D eigenvalue weighted by atomic mass is 35.5. The zero-order chi connectivity index (χ0) is 14.1. The number of carbonyl (C=O) groups excluding carboxylic acids is 1. The molecule has 0 amide bonds. The van der Waals surface area contributed by atoms with Gasteiger partial charge in [0.25, 0.3) is 0 Å². The van der Waals surface area contributed by atoms with Crippen molar-refractivity contribution in [2.75, 3.05) is 7.11 Å². The van der Waals surface area contributed by atoms with E-state index in [9.17, 15) is 4.79 Å². The number of esters is 1. The van der Waals surface area contributed by atoms with Gasteiger partial charge < -0.3 is 9.30 Å². The van der Waals surface area contributed by atoms with Gasteiger partial charge in [-0.25, -0.2) is 9.78 Å². The molecule has 104 valence electrons. The molecule has 3 heterocycles. The van der Waals surface area contributed by atoms with Gasteiger partial charge in [0.1, 0.15) is 11.7 Å². The van der Waals surface area contributed by atoms with Crippen molar-refractivity contribution < 1.29 is 9.53 Å². The van der Waals surface area contributed by atoms with Crippen LogP contribution in [0.1, 0.15) is 24.6 Å². The Kier molecular flexibility index (Phi) is 3.44. The van der Waals surface area contributed by atoms with Gasteiger partial charge in [0.2, 0.25) is 0 Å². The lowest BCUT2D eigenvalue weighted by Crippen LogP contribution is -2.26. The van der Waals surface area contributed by atoms with E-state index in [0.29, 0.717) is 16.7 Å². The van der Waals surface area contributed by atoms with Gasteiger partial charge in [-0.2, -0.15) is 0 Å². The molecule has 6 heteroatoms. The Morgan fingerprint density at radius 2 is 2.35 bits per heavy atom. The standard InChI is InChI=1S/C14H14ClN3O2/c1-20-14(19)11-7-4-6-10-12(15)17-13(18(10)11)9-5-2-3-8-16-9/h2-3,5,8,11H,4,6-7H2,1H3. The molecule has 3 rings (SSSR count). The number of pyridine rings is 1. The first-order valence-corrected chi connectivity index (χ1v) is 6.86. The van der Waals surface area contributed by atoms with E-state index in [4.69, 9.17) is 16.3 Å². The summed E-state index contributed by atoms with van der Waals surface area (Å²) >= 11 is 6.21. The molecule has 1 aliphatic heterocycles. The van der Waals surface area contributed by atoms with Gasteiger partial charge >= 0.3 is 5.97 Å². The van der Waals surface area contributed by atoms with E-state index in [1.54, 1.807) is 6.20 Å². The molecule has 20 heavy (non-hydrogen) atoms. The number of hydrogen-bond acceptors (Lipinski definition) is 4. The van der Waals surface area contributed by atoms with Gasteiger partial charge in [-0.05, 0) is 31.4 Å². The quantitative estimate of drug-likeness (QED) is 0.798. The molecule has 0 aliphatic carbocycles. The lowest BCUT2D eigenvalue weighted by Gasteiger charge is -2.25. The second-order valence-corrected chi connectivity index (χ2v) is 5.05. The SMILES string of the molecule is COC(=O)C1CCCc2c(Cl)nc(-c3ccccn3)n21. The van der Waals surface area contributed by atoms with Crippen LogP contribution in [0.15, 0.2) is 24.4 Å². The number of fused-ring (bicyclic) bond motifs is 1. The minimum Gasteiger partial charge on any atom is -0.467 e. The minimum absolute atomic E-state index is 0.266. The third-order valence-electron chi connectivity index (χ3n) is 3.53. The fourth-order valence-electron chi connectivity index (χ4n) is 2.62. The normalized spacial score (nSPS) is 17.6. The fraction of sp³-hybridized carbons (Fsp3) is 0.357. The van der Waals surface area contributed by atoms with E-state index in [-0.39, 0.29) is 12.0 Å². The van der Waals surface area contributed by atoms with Crippen molar-refractivity contribution >= 4 is 17.6 Å². The van der Waals surface area contributed by atoms with E-state index >= 15 is 0 Å². The average Bonchev–Trinajstić information content (AvgIpc) is 2.85. The lowest BCUT2D eigenvalue weighted by molar-refractivity contribution is -0.145. The highest BCUT2D eigenvalue weighted by molar-refractivity contribution is 6.30. The Morgan fingerprint density at radius 1 is 1.50 bits per heavy atom. The molecule has 0 saturated heterocycles. The molecule has 0 fully saturated rings. The van der Waals surface area contributed by atoms with E-state index < -0.39 is 0 Å². The van der Waals surface area contributed by atoms with Crippen LogP contribution in [-0.2, 0) is 16.0 Å². The molecule has 1 atom stereocenters. The summed E-state index contributed by atoms with van der Waals surface area (Å²) in [6.45, 7) is 0. The Labute approximate surface area is 121 Å². The van der Waals surface area contributed by atoms with Gasteiger partial charge in [0, 0.05) is 6.20 Å². The van der Waals surface area contributed by atoms with Crippen LogP contribution in [0.4, 0.5) is 0 Å². The van der Waals surface area contributed by atoms with Crippen LogP contribution in [-0.4, -0.2) is 27.6 Å². The summed E-state index contributed by atoms with van der Waals surface area (Å²) < 4.78 is 6.77. The number of aromatic nitrogens is 3. The minimum atomic E-state index is -0.374. The van der Waals surface area contributed by atoms with Crippen molar-refractivity contribution in [2.24, 2.45) is 0 Å². The van der Waals surface area contributed by atoms with E-state index in [1.165, 1.54) is 7.11 Å². The molecule has 2 aromatic heterocycles. The molecule has 0 aromatic carbocycles. The zero-order valence-electron chi connectivity index (χ0n) is 11.0. The van der Waals surface area contributed by atoms with Crippen LogP contribution in [0, 0.1) is 0 Å². The van der Waals surface area contributed by atoms with Crippen molar-refractivity contribution in [1.82, 2.24) is 14.5 Å². The summed E-state index contributed by atoms with van der Waals surface area (Å²) in [7, 11) is 1.40. The number of nitrogens with zero attached hydrogens (tertiary/aromatic N) is 3. The predicted octanol–water partition coefficient (Wildman–Crippen LogP) is 2.65. The highest BCUT2D eigenvalue weighted by Crippen LogP contribution is 2.35. The number of carbonyl (C=O) groups is 1. The monoisotopic (exact) mass is 291 g/mol. The van der Waals surface area contributed by atoms with Crippen LogP contribution in [0.2, 0.25) is 5.15 Å². The summed E-state index contributed by atoms with van der Waals surface area (Å²) in [4.78, 5) is 20.7. The second-order valence-electron chi connectivity index (χ2n) is 4.69. The van der Waals surface area contributed by atoms with Crippen LogP contribution in [0.3, 0.4) is 0 Å². The third-order valence-corrected chi connectivity index (χ3v) is 3.83. The van der Waals surface area contributed by atoms with Crippen LogP contribution < -0.4 is 0 Å². The molecule has 0 saturated carbocycles. The molecule has 0 N–H and O–H groups in total. The van der Waals surface area contributed by atoms with Crippen molar-refractivity contribution in [2.45, 2.75) is 25.3 Å². The van der Waals surface area contributed by atoms with E-state index in [2.05, 4.69) is 9.97 Å². The van der Waals surface area contributed by atoms with E-state index in [1.807, 2.05) is 22.8 Å². The first kappa shape index (κ1) is 13.1. The Hall–Kier alpha value is -1.88. The van der Waals surface area contributed by atoms with Crippen molar-refractivity contribution in [3.05, 3.63) is 35.2 Å². The van der Waals surface area contributed by atoms with Gasteiger partial charge in [0.05, 0.1) is 12.8 Å². The molecule has 2 aromatic rings. The summed E-state index contributed by atoms with van der Waals surface area (Å²) in [6, 6.07) is 5.20. The first-order chi connectivity index (χ1) is 9.72. The number of hydrogen-bond donors (Lipinski definition) is 0. The predicted molar refractivity (Wildman–Crippen MR) is 74.5 cm³/mol. The maximum atomic E-state index is 12.0. The fourth-order valence-corrected chi connectivity index (χ4v) is 2.89. The smallest absolute Gasteiger partial charge is 0.328 e. The topological polar surface area (TPSA) is 57.0 Å². The van der Waals surface area contributed by atoms with E-state index in [0.717, 1.165) is 25.0 Å². The molecular formula is C14H14ClN3O2. The molecule has 5 nitrogen and oxygen atoms in total. The molecule has 0 bridgehead atoms. The van der Waals surface area contributed by atoms with Gasteiger partial charge in [-0.3, -0.25) is 4.98 Å². The second kappa shape index (κ2) is 5.25. The summed E-state index contributed by atoms with van der Waals surface area (Å²) in [5.74, 6) is 0.359. The number of methoxy groups -OCH3 is 1. The lowest BCUT2D eigenvalue weighted by atomic mass is 10.0. The molecule has 1 aliphatic rings. The van der Waals surface area contributed by atoms with Crippen molar-refractivity contribution in [3.63, 3.8) is 0 Å². The van der Waals surface area contributed by atoms with Crippen LogP contribution in [0.5, 0.6) is 0 Å². The van der Waals surface area contributed by atoms with Crippen LogP contribution >= 0.6 is 11.6 Å². The molecule has 1 unspecified atom stereocenters. The molecule has 0 spiro atoms. The largest absolute Gasteiger partial charge is 0.467 e. The summed E-state index contributed by atoms with van der Waals surface area (Å²) in [6.07, 6.45) is 4.13. The Morgan fingerprint density at radius 3 is 3.05 bits per heavy atom. The third kappa shape index (κ3) is 2.08. The van der Waals surface area contributed by atoms with Crippen molar-refractivity contribution in [3.8, 4) is 11.5 Å². The van der Waals surface area contributed by atoms with Gasteiger partial charge in [-0.15, -0.1) is 0 Å². The zero-order valence-corrected chi connectivity index (χ0v) is 11.8. The van der Waals surface area contributed by atoms with Crippen LogP contribution in [0.25, 0.3) is 11.5 Å². The number of imidazole rings is 1. The van der Waals surface area contributed by atoms with Crippen molar-refractivity contribution in [1.29, 1.82) is 0 Å². The Balaban J connectivity index is 2.16. The van der Waals surface area contributed by atoms with Gasteiger partial charge in [0.15, 0.2) is 11.0 Å². The maximum Gasteiger partial charge on any atom is 0.328 e. The molecular weight excluding hydrogens is 278 g/mol. The van der Waals surface area contributed by atoms with Gasteiger partial charge in [-0.1, -0.05) is 17.7 Å². The number of rotatable bonds is 2. The highest BCUT2D eigenvalue weighted by Gasteiger charge is 2.32. The summed E-state index contributed by atoms with van der Waals surface area (Å²) in [5.41, 5.74) is 1.59. The Bertz CT molecular complexity index is 639. The summed E-state index contributed by atoms with van der Waals surface area (Å²) in [5, 5.41) is 0.444.